The van der Waals surface area contributed by atoms with E-state index in [0.29, 0.717) is 0 Å². The fourth-order valence-electron chi connectivity index (χ4n) is 1.98. The Labute approximate surface area is 150 Å². The van der Waals surface area contributed by atoms with E-state index < -0.39 is 0 Å². The van der Waals surface area contributed by atoms with Gasteiger partial charge in [-0.2, -0.15) is 12.1 Å². The average molecular weight is 459 g/mol. The third-order valence-electron chi connectivity index (χ3n) is 2.76. The summed E-state index contributed by atoms with van der Waals surface area (Å²) in [5.74, 6) is 0. The molecule has 0 aromatic heterocycles. The molecule has 0 aliphatic heterocycles. The summed E-state index contributed by atoms with van der Waals surface area (Å²) in [6.45, 7) is 4.43. The van der Waals surface area contributed by atoms with E-state index in [1.54, 1.807) is 0 Å². The fraction of sp³-hybridized carbons (Fsp3) is 0.308. The van der Waals surface area contributed by atoms with Crippen LogP contribution in [-0.2, 0) is 34.6 Å². The fourth-order valence-corrected chi connectivity index (χ4v) is 1.98. The number of aryl methyl sites for hydroxylation is 2. The molecule has 2 aromatic carbocycles. The van der Waals surface area contributed by atoms with Crippen molar-refractivity contribution in [2.45, 2.75) is 26.7 Å². The Hall–Kier alpha value is 0.984. The Balaban J connectivity index is -0.000000490. The molecule has 2 aromatic rings. The minimum Gasteiger partial charge on any atom is -1.00 e. The number of hydrogen-bond acceptors (Lipinski definition) is 0. The van der Waals surface area contributed by atoms with E-state index in [9.17, 15) is 0 Å². The average Bonchev–Trinajstić information content (AvgIpc) is 2.64. The molecule has 0 heterocycles. The normalized spacial score (nSPS) is 8.35. The van der Waals surface area contributed by atoms with Gasteiger partial charge in [-0.15, -0.1) is 28.5 Å². The van der Waals surface area contributed by atoms with E-state index in [2.05, 4.69) is 44.2 Å². The van der Waals surface area contributed by atoms with Crippen molar-refractivity contribution in [1.29, 1.82) is 0 Å². The van der Waals surface area contributed by atoms with E-state index in [1.807, 2.05) is 0 Å². The molecule has 2 rings (SSSR count). The first-order chi connectivity index (χ1) is 6.36. The third-order valence-corrected chi connectivity index (χ3v) is 2.76. The summed E-state index contributed by atoms with van der Waals surface area (Å²) in [5, 5.41) is 2.89. The van der Waals surface area contributed by atoms with Gasteiger partial charge in [-0.1, -0.05) is 31.9 Å². The van der Waals surface area contributed by atoms with Crippen LogP contribution < -0.4 is 50.9 Å². The van der Waals surface area contributed by atoms with Crippen LogP contribution in [0.15, 0.2) is 30.3 Å². The van der Waals surface area contributed by atoms with Crippen molar-refractivity contribution in [2.75, 3.05) is 0 Å². The van der Waals surface area contributed by atoms with Crippen LogP contribution in [0.5, 0.6) is 0 Å². The molecule has 0 bridgehead atoms. The summed E-state index contributed by atoms with van der Waals surface area (Å²) in [6, 6.07) is 11.1. The van der Waals surface area contributed by atoms with E-state index in [4.69, 9.17) is 0 Å². The van der Waals surface area contributed by atoms with Crippen molar-refractivity contribution in [3.8, 4) is 0 Å². The Morgan fingerprint density at radius 2 is 1.41 bits per heavy atom. The SMILES string of the molecule is CCc1ccc(CC)c2[cH-]ccc12.[Br-].[Br-].[Br-].[Ti+4]. The Morgan fingerprint density at radius 1 is 0.882 bits per heavy atom. The Bertz CT molecular complexity index is 386. The maximum absolute atomic E-state index is 2.27. The molecule has 0 atom stereocenters. The van der Waals surface area contributed by atoms with Gasteiger partial charge in [0, 0.05) is 0 Å². The summed E-state index contributed by atoms with van der Waals surface area (Å²) in [4.78, 5) is 0. The number of fused-ring (bicyclic) bond motifs is 1. The van der Waals surface area contributed by atoms with E-state index in [1.165, 1.54) is 21.9 Å². The van der Waals surface area contributed by atoms with Crippen molar-refractivity contribution in [3.05, 3.63) is 41.5 Å². The van der Waals surface area contributed by atoms with Crippen molar-refractivity contribution in [2.24, 2.45) is 0 Å². The summed E-state index contributed by atoms with van der Waals surface area (Å²) < 4.78 is 0. The number of hydrogen-bond donors (Lipinski definition) is 0. The first-order valence-corrected chi connectivity index (χ1v) is 5.03. The second-order valence-electron chi connectivity index (χ2n) is 3.44. The van der Waals surface area contributed by atoms with Crippen LogP contribution in [-0.4, -0.2) is 0 Å². The predicted molar refractivity (Wildman–Crippen MR) is 58.3 cm³/mol. The van der Waals surface area contributed by atoms with Gasteiger partial charge in [0.1, 0.15) is 0 Å². The quantitative estimate of drug-likeness (QED) is 0.312. The standard InChI is InChI=1S/C13H15.3BrH.Ti/c1-3-10-8-9-11(4-2)13-7-5-6-12(10)13;;;;/h5-9H,3-4H2,1-2H3;3*1H;/q-1;;;;+4/p-3. The van der Waals surface area contributed by atoms with Gasteiger partial charge in [0.25, 0.3) is 0 Å². The Kier molecular flexibility index (Phi) is 14.8. The summed E-state index contributed by atoms with van der Waals surface area (Å²) in [7, 11) is 0. The number of halogens is 3. The molecule has 17 heavy (non-hydrogen) atoms. The molecule has 0 aliphatic rings. The molecular weight excluding hydrogens is 444 g/mol. The van der Waals surface area contributed by atoms with Gasteiger partial charge in [0.15, 0.2) is 0 Å². The minimum absolute atomic E-state index is 0. The topological polar surface area (TPSA) is 0 Å². The molecule has 0 N–H and O–H groups in total. The van der Waals surface area contributed by atoms with Crippen molar-refractivity contribution in [3.63, 3.8) is 0 Å². The molecule has 92 valence electrons. The maximum Gasteiger partial charge on any atom is 4.00 e. The summed E-state index contributed by atoms with van der Waals surface area (Å²) in [6.07, 6.45) is 2.26. The first kappa shape index (κ1) is 23.1. The van der Waals surface area contributed by atoms with Crippen molar-refractivity contribution < 1.29 is 72.7 Å². The van der Waals surface area contributed by atoms with Gasteiger partial charge in [0.05, 0.1) is 0 Å². The zero-order valence-corrected chi connectivity index (χ0v) is 16.3. The molecule has 0 amide bonds. The third kappa shape index (κ3) is 4.87. The largest absolute Gasteiger partial charge is 4.00 e. The molecule has 0 spiro atoms. The summed E-state index contributed by atoms with van der Waals surface area (Å²) in [5.41, 5.74) is 2.94. The molecule has 0 fully saturated rings. The summed E-state index contributed by atoms with van der Waals surface area (Å²) >= 11 is 0. The molecule has 0 saturated heterocycles. The van der Waals surface area contributed by atoms with Crippen LogP contribution >= 0.6 is 0 Å². The molecular formula is C13H15Br3Ti. The molecule has 0 saturated carbocycles. The monoisotopic (exact) mass is 456 g/mol. The van der Waals surface area contributed by atoms with E-state index in [0.717, 1.165) is 12.8 Å². The molecule has 0 unspecified atom stereocenters. The van der Waals surface area contributed by atoms with Crippen LogP contribution in [0.4, 0.5) is 0 Å². The van der Waals surface area contributed by atoms with Gasteiger partial charge < -0.3 is 50.9 Å². The van der Waals surface area contributed by atoms with Crippen LogP contribution in [0.25, 0.3) is 10.8 Å². The minimum atomic E-state index is 0. The van der Waals surface area contributed by atoms with Gasteiger partial charge in [0.2, 0.25) is 0 Å². The van der Waals surface area contributed by atoms with Gasteiger partial charge in [-0.3, -0.25) is 0 Å². The number of benzene rings is 1. The van der Waals surface area contributed by atoms with E-state index >= 15 is 0 Å². The number of rotatable bonds is 2. The second kappa shape index (κ2) is 10.9. The van der Waals surface area contributed by atoms with E-state index in [-0.39, 0.29) is 72.7 Å². The van der Waals surface area contributed by atoms with Gasteiger partial charge in [-0.25, -0.2) is 0 Å². The van der Waals surface area contributed by atoms with Crippen molar-refractivity contribution >= 4 is 10.8 Å². The first-order valence-electron chi connectivity index (χ1n) is 5.03. The molecule has 0 nitrogen and oxygen atoms in total. The van der Waals surface area contributed by atoms with Gasteiger partial charge >= 0.3 is 21.7 Å². The van der Waals surface area contributed by atoms with Crippen molar-refractivity contribution in [1.82, 2.24) is 0 Å². The molecule has 4 heteroatoms. The maximum atomic E-state index is 2.27. The van der Waals surface area contributed by atoms with Crippen LogP contribution in [0.1, 0.15) is 25.0 Å². The van der Waals surface area contributed by atoms with Gasteiger partial charge in [-0.05, 0) is 6.42 Å². The van der Waals surface area contributed by atoms with Crippen LogP contribution in [0, 0.1) is 0 Å². The zero-order chi connectivity index (χ0) is 9.26. The van der Waals surface area contributed by atoms with Crippen LogP contribution in [0.3, 0.4) is 0 Å². The zero-order valence-electron chi connectivity index (χ0n) is 9.93. The van der Waals surface area contributed by atoms with Crippen LogP contribution in [0.2, 0.25) is 0 Å². The Morgan fingerprint density at radius 3 is 1.94 bits per heavy atom. The predicted octanol–water partition coefficient (Wildman–Crippen LogP) is -5.31. The second-order valence-corrected chi connectivity index (χ2v) is 3.44. The molecule has 0 radical (unpaired) electrons. The smallest absolute Gasteiger partial charge is 1.00 e. The molecule has 0 aliphatic carbocycles.